The number of aryl methyl sites for hydroxylation is 2. The molecule has 1 aromatic carbocycles. The van der Waals surface area contributed by atoms with Gasteiger partial charge in [0.1, 0.15) is 5.75 Å². The van der Waals surface area contributed by atoms with Crippen LogP contribution in [-0.4, -0.2) is 21.2 Å². The van der Waals surface area contributed by atoms with Crippen molar-refractivity contribution >= 4 is 14.1 Å². The SMILES string of the molecule is C=C(C)C(=O)CCc1cc(OC)c(O[Si](C)(C)C(C)(C)C)cc1CC. The molecule has 0 aliphatic rings. The second-order valence-corrected chi connectivity index (χ2v) is 12.9. The number of ether oxygens (including phenoxy) is 1. The Bertz CT molecular complexity index is 639. The lowest BCUT2D eigenvalue weighted by Crippen LogP contribution is -2.44. The number of carbonyl (C=O) groups is 1. The topological polar surface area (TPSA) is 35.5 Å². The lowest BCUT2D eigenvalue weighted by Gasteiger charge is -2.37. The van der Waals surface area contributed by atoms with Gasteiger partial charge in [-0.15, -0.1) is 0 Å². The summed E-state index contributed by atoms with van der Waals surface area (Å²) in [6.45, 7) is 18.8. The maximum absolute atomic E-state index is 11.9. The maximum atomic E-state index is 11.9. The predicted molar refractivity (Wildman–Crippen MR) is 108 cm³/mol. The van der Waals surface area contributed by atoms with Gasteiger partial charge in [-0.1, -0.05) is 34.3 Å². The largest absolute Gasteiger partial charge is 0.541 e. The highest BCUT2D eigenvalue weighted by molar-refractivity contribution is 6.74. The molecular formula is C21H34O3Si. The fourth-order valence-corrected chi connectivity index (χ4v) is 3.35. The van der Waals surface area contributed by atoms with E-state index in [1.165, 1.54) is 5.56 Å². The zero-order chi connectivity index (χ0) is 19.4. The summed E-state index contributed by atoms with van der Waals surface area (Å²) >= 11 is 0. The van der Waals surface area contributed by atoms with Crippen molar-refractivity contribution in [1.82, 2.24) is 0 Å². The van der Waals surface area contributed by atoms with Crippen molar-refractivity contribution in [2.24, 2.45) is 0 Å². The molecule has 0 amide bonds. The van der Waals surface area contributed by atoms with Crippen LogP contribution in [-0.2, 0) is 17.6 Å². The molecule has 0 N–H and O–H groups in total. The van der Waals surface area contributed by atoms with Crippen LogP contribution in [0.15, 0.2) is 24.3 Å². The lowest BCUT2D eigenvalue weighted by molar-refractivity contribution is -0.115. The minimum atomic E-state index is -1.94. The molecule has 0 atom stereocenters. The van der Waals surface area contributed by atoms with Crippen molar-refractivity contribution in [3.05, 3.63) is 35.4 Å². The van der Waals surface area contributed by atoms with Gasteiger partial charge in [0.2, 0.25) is 0 Å². The third-order valence-electron chi connectivity index (χ3n) is 5.14. The molecular weight excluding hydrogens is 328 g/mol. The number of Topliss-reactive ketones (excluding diaryl/α,β-unsaturated/α-hetero) is 1. The summed E-state index contributed by atoms with van der Waals surface area (Å²) in [7, 11) is -0.275. The first-order chi connectivity index (χ1) is 11.4. The van der Waals surface area contributed by atoms with E-state index in [2.05, 4.69) is 53.4 Å². The number of allylic oxidation sites excluding steroid dienone is 1. The number of hydrogen-bond donors (Lipinski definition) is 0. The molecule has 3 nitrogen and oxygen atoms in total. The molecule has 0 aromatic heterocycles. The smallest absolute Gasteiger partial charge is 0.250 e. The van der Waals surface area contributed by atoms with Gasteiger partial charge < -0.3 is 9.16 Å². The molecule has 0 spiro atoms. The normalized spacial score (nSPS) is 12.0. The Balaban J connectivity index is 3.18. The Labute approximate surface area is 154 Å². The molecule has 0 fully saturated rings. The van der Waals surface area contributed by atoms with Gasteiger partial charge in [0.05, 0.1) is 7.11 Å². The van der Waals surface area contributed by atoms with E-state index in [1.807, 2.05) is 6.07 Å². The summed E-state index contributed by atoms with van der Waals surface area (Å²) in [5.41, 5.74) is 2.98. The van der Waals surface area contributed by atoms with Gasteiger partial charge in [-0.25, -0.2) is 0 Å². The second kappa shape index (κ2) is 8.22. The number of rotatable bonds is 8. The molecule has 1 aromatic rings. The first-order valence-electron chi connectivity index (χ1n) is 9.00. The summed E-state index contributed by atoms with van der Waals surface area (Å²) in [5.74, 6) is 1.68. The van der Waals surface area contributed by atoms with Crippen molar-refractivity contribution in [3.8, 4) is 11.5 Å². The van der Waals surface area contributed by atoms with Crippen molar-refractivity contribution in [3.63, 3.8) is 0 Å². The zero-order valence-corrected chi connectivity index (χ0v) is 18.2. The van der Waals surface area contributed by atoms with E-state index in [1.54, 1.807) is 14.0 Å². The summed E-state index contributed by atoms with van der Waals surface area (Å²) in [6, 6.07) is 4.13. The molecule has 0 saturated carbocycles. The summed E-state index contributed by atoms with van der Waals surface area (Å²) in [5, 5.41) is 0.122. The first kappa shape index (κ1) is 21.5. The van der Waals surface area contributed by atoms with E-state index in [0.717, 1.165) is 23.5 Å². The van der Waals surface area contributed by atoms with Crippen molar-refractivity contribution in [2.75, 3.05) is 7.11 Å². The van der Waals surface area contributed by atoms with Gasteiger partial charge in [0.15, 0.2) is 11.5 Å². The highest BCUT2D eigenvalue weighted by Gasteiger charge is 2.39. The van der Waals surface area contributed by atoms with Gasteiger partial charge in [-0.3, -0.25) is 4.79 Å². The average Bonchev–Trinajstić information content (AvgIpc) is 2.51. The summed E-state index contributed by atoms with van der Waals surface area (Å²) in [6.07, 6.45) is 2.08. The first-order valence-corrected chi connectivity index (χ1v) is 11.9. The van der Waals surface area contributed by atoms with Crippen LogP contribution in [0.2, 0.25) is 18.1 Å². The van der Waals surface area contributed by atoms with Crippen molar-refractivity contribution in [2.45, 2.75) is 72.0 Å². The zero-order valence-electron chi connectivity index (χ0n) is 17.2. The van der Waals surface area contributed by atoms with Crippen LogP contribution >= 0.6 is 0 Å². The van der Waals surface area contributed by atoms with Crippen molar-refractivity contribution < 1.29 is 14.0 Å². The molecule has 0 unspecified atom stereocenters. The fraction of sp³-hybridized carbons (Fsp3) is 0.571. The quantitative estimate of drug-likeness (QED) is 0.438. The number of ketones is 1. The van der Waals surface area contributed by atoms with Crippen LogP contribution in [0.4, 0.5) is 0 Å². The number of carbonyl (C=O) groups excluding carboxylic acids is 1. The molecule has 0 aliphatic heterocycles. The third-order valence-corrected chi connectivity index (χ3v) is 9.48. The average molecular weight is 363 g/mol. The van der Waals surface area contributed by atoms with Gasteiger partial charge in [0.25, 0.3) is 8.32 Å². The van der Waals surface area contributed by atoms with Crippen LogP contribution in [0, 0.1) is 0 Å². The Kier molecular flexibility index (Phi) is 7.06. The number of methoxy groups -OCH3 is 1. The number of hydrogen-bond acceptors (Lipinski definition) is 3. The molecule has 0 saturated heterocycles. The lowest BCUT2D eigenvalue weighted by atomic mass is 9.97. The Hall–Kier alpha value is -1.55. The maximum Gasteiger partial charge on any atom is 0.250 e. The molecule has 25 heavy (non-hydrogen) atoms. The van der Waals surface area contributed by atoms with Gasteiger partial charge in [0, 0.05) is 6.42 Å². The minimum absolute atomic E-state index is 0.114. The van der Waals surface area contributed by atoms with E-state index in [-0.39, 0.29) is 10.8 Å². The fourth-order valence-electron chi connectivity index (χ4n) is 2.33. The van der Waals surface area contributed by atoms with Crippen molar-refractivity contribution in [1.29, 1.82) is 0 Å². The predicted octanol–water partition coefficient (Wildman–Crippen LogP) is 5.72. The number of benzene rings is 1. The van der Waals surface area contributed by atoms with Gasteiger partial charge in [-0.05, 0) is 66.7 Å². The molecule has 4 heteroatoms. The van der Waals surface area contributed by atoms with E-state index < -0.39 is 8.32 Å². The van der Waals surface area contributed by atoms with E-state index in [9.17, 15) is 4.79 Å². The monoisotopic (exact) mass is 362 g/mol. The Morgan fingerprint density at radius 3 is 2.16 bits per heavy atom. The highest BCUT2D eigenvalue weighted by Crippen LogP contribution is 2.41. The summed E-state index contributed by atoms with van der Waals surface area (Å²) < 4.78 is 12.1. The van der Waals surface area contributed by atoms with Gasteiger partial charge >= 0.3 is 0 Å². The molecule has 1 rings (SSSR count). The molecule has 0 aliphatic carbocycles. The van der Waals surface area contributed by atoms with E-state index >= 15 is 0 Å². The van der Waals surface area contributed by atoms with Crippen LogP contribution in [0.1, 0.15) is 52.2 Å². The third kappa shape index (κ3) is 5.46. The highest BCUT2D eigenvalue weighted by atomic mass is 28.4. The molecule has 0 bridgehead atoms. The summed E-state index contributed by atoms with van der Waals surface area (Å²) in [4.78, 5) is 11.9. The Morgan fingerprint density at radius 2 is 1.72 bits per heavy atom. The van der Waals surface area contributed by atoms with Crippen LogP contribution < -0.4 is 9.16 Å². The standard InChI is InChI=1S/C21H34O3Si/c1-10-16-13-20(24-25(8,9)21(4,5)6)19(23-7)14-17(16)11-12-18(22)15(2)3/h13-14H,2,10-12H2,1,3-9H3. The van der Waals surface area contributed by atoms with Crippen LogP contribution in [0.3, 0.4) is 0 Å². The molecule has 140 valence electrons. The Morgan fingerprint density at radius 1 is 1.16 bits per heavy atom. The minimum Gasteiger partial charge on any atom is -0.541 e. The van der Waals surface area contributed by atoms with E-state index in [4.69, 9.17) is 9.16 Å². The van der Waals surface area contributed by atoms with E-state index in [0.29, 0.717) is 18.4 Å². The molecule has 0 radical (unpaired) electrons. The molecule has 0 heterocycles. The van der Waals surface area contributed by atoms with Crippen LogP contribution in [0.5, 0.6) is 11.5 Å². The van der Waals surface area contributed by atoms with Gasteiger partial charge in [-0.2, -0.15) is 0 Å². The van der Waals surface area contributed by atoms with Crippen LogP contribution in [0.25, 0.3) is 0 Å². The second-order valence-electron chi connectivity index (χ2n) is 8.19.